The molecule has 1 aliphatic rings. The van der Waals surface area contributed by atoms with Gasteiger partial charge in [-0.2, -0.15) is 0 Å². The van der Waals surface area contributed by atoms with Gasteiger partial charge in [-0.25, -0.2) is 9.59 Å². The van der Waals surface area contributed by atoms with Crippen molar-refractivity contribution in [3.63, 3.8) is 0 Å². The van der Waals surface area contributed by atoms with Crippen LogP contribution in [0.5, 0.6) is 0 Å². The number of carbonyl (C=O) groups excluding carboxylic acids is 1. The maximum Gasteiger partial charge on any atom is 0.327 e. The zero-order chi connectivity index (χ0) is 14.3. The second-order valence-corrected chi connectivity index (χ2v) is 4.58. The highest BCUT2D eigenvalue weighted by Gasteiger charge is 2.24. The summed E-state index contributed by atoms with van der Waals surface area (Å²) >= 11 is 0. The number of aliphatic carboxylic acids is 1. The van der Waals surface area contributed by atoms with Gasteiger partial charge in [-0.05, 0) is 25.9 Å². The third-order valence-electron chi connectivity index (χ3n) is 3.33. The Kier molecular flexibility index (Phi) is 6.16. The van der Waals surface area contributed by atoms with E-state index < -0.39 is 18.0 Å². The minimum atomic E-state index is -1.12. The number of hydrogen-bond acceptors (Lipinski definition) is 3. The lowest BCUT2D eigenvalue weighted by Gasteiger charge is -2.23. The van der Waals surface area contributed by atoms with Gasteiger partial charge in [0.25, 0.3) is 0 Å². The number of carboxylic acids is 1. The molecule has 1 heterocycles. The van der Waals surface area contributed by atoms with E-state index in [-0.39, 0.29) is 6.42 Å². The number of hydrogen-bond donors (Lipinski definition) is 3. The highest BCUT2D eigenvalue weighted by molar-refractivity contribution is 5.82. The number of likely N-dealkylation sites (N-methyl/N-ethyl adjacent to an activating group) is 1. The van der Waals surface area contributed by atoms with Crippen LogP contribution >= 0.6 is 0 Å². The van der Waals surface area contributed by atoms with Crippen LogP contribution in [0.3, 0.4) is 0 Å². The van der Waals surface area contributed by atoms with Gasteiger partial charge in [0.05, 0.1) is 0 Å². The molecule has 6 heteroatoms. The molecule has 1 fully saturated rings. The molecular weight excluding hydrogens is 246 g/mol. The Hall–Kier alpha value is -1.74. The summed E-state index contributed by atoms with van der Waals surface area (Å²) < 4.78 is 0. The number of terminal acetylenes is 1. The highest BCUT2D eigenvalue weighted by Crippen LogP contribution is 2.15. The molecule has 2 atom stereocenters. The van der Waals surface area contributed by atoms with Gasteiger partial charge in [0.1, 0.15) is 6.04 Å². The molecule has 3 N–H and O–H groups in total. The van der Waals surface area contributed by atoms with Crippen molar-refractivity contribution in [2.24, 2.45) is 0 Å². The fourth-order valence-corrected chi connectivity index (χ4v) is 2.28. The van der Waals surface area contributed by atoms with Gasteiger partial charge in [0, 0.05) is 19.0 Å². The number of urea groups is 1. The largest absolute Gasteiger partial charge is 0.480 e. The third-order valence-corrected chi connectivity index (χ3v) is 3.33. The maximum atomic E-state index is 11.6. The number of likely N-dealkylation sites (tertiary alicyclic amines) is 1. The number of carboxylic acid groups (broad SMARTS) is 1. The topological polar surface area (TPSA) is 81.7 Å². The minimum absolute atomic E-state index is 0.0206. The molecule has 0 saturated carbocycles. The summed E-state index contributed by atoms with van der Waals surface area (Å²) in [4.78, 5) is 24.8. The smallest absolute Gasteiger partial charge is 0.327 e. The molecule has 6 nitrogen and oxygen atoms in total. The van der Waals surface area contributed by atoms with Gasteiger partial charge in [0.2, 0.25) is 0 Å². The molecule has 2 unspecified atom stereocenters. The van der Waals surface area contributed by atoms with Crippen molar-refractivity contribution in [3.8, 4) is 12.3 Å². The van der Waals surface area contributed by atoms with E-state index in [4.69, 9.17) is 11.5 Å². The third kappa shape index (κ3) is 4.79. The Morgan fingerprint density at radius 3 is 2.89 bits per heavy atom. The van der Waals surface area contributed by atoms with E-state index in [0.29, 0.717) is 12.6 Å². The standard InChI is InChI=1S/C13H21N3O3/c1-3-6-11(12(17)18)15-13(19)14-9-10-7-5-8-16(10)4-2/h1,10-11H,4-9H2,2H3,(H,17,18)(H2,14,15,19). The van der Waals surface area contributed by atoms with Crippen molar-refractivity contribution < 1.29 is 14.7 Å². The van der Waals surface area contributed by atoms with Crippen LogP contribution in [0.25, 0.3) is 0 Å². The van der Waals surface area contributed by atoms with Gasteiger partial charge >= 0.3 is 12.0 Å². The molecule has 0 aromatic heterocycles. The molecule has 2 amide bonds. The first kappa shape index (κ1) is 15.3. The number of amides is 2. The van der Waals surface area contributed by atoms with E-state index in [1.165, 1.54) is 0 Å². The van der Waals surface area contributed by atoms with E-state index in [9.17, 15) is 9.59 Å². The van der Waals surface area contributed by atoms with Crippen molar-refractivity contribution in [3.05, 3.63) is 0 Å². The Bertz CT molecular complexity index is 365. The minimum Gasteiger partial charge on any atom is -0.480 e. The SMILES string of the molecule is C#CCC(NC(=O)NCC1CCCN1CC)C(=O)O. The fraction of sp³-hybridized carbons (Fsp3) is 0.692. The average molecular weight is 267 g/mol. The summed E-state index contributed by atoms with van der Waals surface area (Å²) in [6, 6.07) is -1.17. The van der Waals surface area contributed by atoms with Crippen LogP contribution < -0.4 is 10.6 Å². The van der Waals surface area contributed by atoms with Gasteiger partial charge < -0.3 is 15.7 Å². The molecule has 1 saturated heterocycles. The number of nitrogens with zero attached hydrogens (tertiary/aromatic N) is 1. The lowest BCUT2D eigenvalue weighted by Crippen LogP contribution is -2.49. The molecule has 19 heavy (non-hydrogen) atoms. The normalized spacial score (nSPS) is 20.5. The Labute approximate surface area is 113 Å². The molecule has 1 rings (SSSR count). The van der Waals surface area contributed by atoms with Crippen LogP contribution in [0.2, 0.25) is 0 Å². The second kappa shape index (κ2) is 7.64. The Balaban J connectivity index is 2.34. The van der Waals surface area contributed by atoms with Crippen LogP contribution in [-0.4, -0.2) is 53.7 Å². The summed E-state index contributed by atoms with van der Waals surface area (Å²) in [5.74, 6) is 1.12. The molecule has 0 aromatic rings. The van der Waals surface area contributed by atoms with Crippen molar-refractivity contribution in [1.82, 2.24) is 15.5 Å². The van der Waals surface area contributed by atoms with Gasteiger partial charge in [-0.15, -0.1) is 12.3 Å². The van der Waals surface area contributed by atoms with Gasteiger partial charge in [-0.3, -0.25) is 4.90 Å². The van der Waals surface area contributed by atoms with Crippen LogP contribution in [0.15, 0.2) is 0 Å². The molecule has 1 aliphatic heterocycles. The lowest BCUT2D eigenvalue weighted by atomic mass is 10.2. The summed E-state index contributed by atoms with van der Waals surface area (Å²) in [6.07, 6.45) is 7.23. The maximum absolute atomic E-state index is 11.6. The summed E-state index contributed by atoms with van der Waals surface area (Å²) in [6.45, 7) is 4.63. The second-order valence-electron chi connectivity index (χ2n) is 4.58. The predicted octanol–water partition coefficient (Wildman–Crippen LogP) is 0.246. The summed E-state index contributed by atoms with van der Waals surface area (Å²) in [5, 5.41) is 13.9. The van der Waals surface area contributed by atoms with Crippen molar-refractivity contribution >= 4 is 12.0 Å². The number of nitrogens with one attached hydrogen (secondary N) is 2. The predicted molar refractivity (Wildman–Crippen MR) is 71.7 cm³/mol. The quantitative estimate of drug-likeness (QED) is 0.602. The van der Waals surface area contributed by atoms with Crippen LogP contribution in [0.4, 0.5) is 4.79 Å². The van der Waals surface area contributed by atoms with Crippen LogP contribution in [-0.2, 0) is 4.79 Å². The molecule has 0 spiro atoms. The van der Waals surface area contributed by atoms with Gasteiger partial charge in [0.15, 0.2) is 0 Å². The van der Waals surface area contributed by atoms with E-state index in [0.717, 1.165) is 25.9 Å². The zero-order valence-corrected chi connectivity index (χ0v) is 11.2. The van der Waals surface area contributed by atoms with Crippen molar-refractivity contribution in [2.45, 2.75) is 38.3 Å². The van der Waals surface area contributed by atoms with Crippen LogP contribution in [0.1, 0.15) is 26.2 Å². The van der Waals surface area contributed by atoms with Crippen LogP contribution in [0, 0.1) is 12.3 Å². The lowest BCUT2D eigenvalue weighted by molar-refractivity contribution is -0.139. The molecule has 106 valence electrons. The van der Waals surface area contributed by atoms with E-state index in [1.54, 1.807) is 0 Å². The van der Waals surface area contributed by atoms with Crippen molar-refractivity contribution in [2.75, 3.05) is 19.6 Å². The average Bonchev–Trinajstić information content (AvgIpc) is 2.83. The van der Waals surface area contributed by atoms with Gasteiger partial charge in [-0.1, -0.05) is 6.92 Å². The molecule has 0 bridgehead atoms. The van der Waals surface area contributed by atoms with E-state index in [2.05, 4.69) is 28.4 Å². The summed E-state index contributed by atoms with van der Waals surface area (Å²) in [5.41, 5.74) is 0. The highest BCUT2D eigenvalue weighted by atomic mass is 16.4. The van der Waals surface area contributed by atoms with E-state index in [1.807, 2.05) is 0 Å². The first-order chi connectivity index (χ1) is 9.08. The molecule has 0 radical (unpaired) electrons. The van der Waals surface area contributed by atoms with Crippen molar-refractivity contribution in [1.29, 1.82) is 0 Å². The Morgan fingerprint density at radius 2 is 2.32 bits per heavy atom. The fourth-order valence-electron chi connectivity index (χ4n) is 2.28. The number of carbonyl (C=O) groups is 2. The molecular formula is C13H21N3O3. The first-order valence-corrected chi connectivity index (χ1v) is 6.53. The first-order valence-electron chi connectivity index (χ1n) is 6.53. The Morgan fingerprint density at radius 1 is 1.58 bits per heavy atom. The van der Waals surface area contributed by atoms with E-state index >= 15 is 0 Å². The monoisotopic (exact) mass is 267 g/mol. The summed E-state index contributed by atoms with van der Waals surface area (Å²) in [7, 11) is 0. The zero-order valence-electron chi connectivity index (χ0n) is 11.2. The molecule has 0 aliphatic carbocycles. The molecule has 0 aromatic carbocycles. The number of rotatable bonds is 6.